The van der Waals surface area contributed by atoms with Crippen LogP contribution in [0.3, 0.4) is 0 Å². The minimum atomic E-state index is 0. The number of nitrogens with one attached hydrogen (secondary N) is 1. The second-order valence-electron chi connectivity index (χ2n) is 6.38. The predicted molar refractivity (Wildman–Crippen MR) is 72.2 cm³/mol. The van der Waals surface area contributed by atoms with Crippen LogP contribution in [0.5, 0.6) is 0 Å². The van der Waals surface area contributed by atoms with Crippen LogP contribution in [0, 0.1) is 5.41 Å². The molecule has 0 saturated carbocycles. The van der Waals surface area contributed by atoms with Crippen molar-refractivity contribution >= 4 is 5.71 Å². The molecule has 0 radical (unpaired) electrons. The lowest BCUT2D eigenvalue weighted by Crippen LogP contribution is -3.00. The van der Waals surface area contributed by atoms with E-state index in [9.17, 15) is 0 Å². The van der Waals surface area contributed by atoms with Gasteiger partial charge in [-0.25, -0.2) is 9.58 Å². The summed E-state index contributed by atoms with van der Waals surface area (Å²) in [5.74, 6) is 0. The number of nitrogens with zero attached hydrogens (tertiary/aromatic N) is 2. The van der Waals surface area contributed by atoms with E-state index >= 15 is 0 Å². The Morgan fingerprint density at radius 2 is 1.78 bits per heavy atom. The second-order valence-corrected chi connectivity index (χ2v) is 6.38. The topological polar surface area (TPSA) is 18.3 Å². The molecule has 2 rings (SSSR count). The van der Waals surface area contributed by atoms with Crippen LogP contribution in [0.4, 0.5) is 0 Å². The smallest absolute Gasteiger partial charge is 0.178 e. The third-order valence-electron chi connectivity index (χ3n) is 3.55. The molecule has 1 aliphatic carbocycles. The number of hydrogen-bond donors (Lipinski definition) is 1. The molecule has 0 bridgehead atoms. The van der Waals surface area contributed by atoms with Gasteiger partial charge in [0.05, 0.1) is 0 Å². The third-order valence-corrected chi connectivity index (χ3v) is 3.55. The summed E-state index contributed by atoms with van der Waals surface area (Å²) in [6.07, 6.45) is 7.44. The molecule has 1 fully saturated rings. The molecule has 18 heavy (non-hydrogen) atoms. The highest BCUT2D eigenvalue weighted by Crippen LogP contribution is 2.33. The molecule has 1 N–H and O–H groups in total. The summed E-state index contributed by atoms with van der Waals surface area (Å²) < 4.78 is 2.57. The Morgan fingerprint density at radius 1 is 1.17 bits per heavy atom. The van der Waals surface area contributed by atoms with Gasteiger partial charge in [0.2, 0.25) is 0 Å². The summed E-state index contributed by atoms with van der Waals surface area (Å²) in [7, 11) is 4.11. The number of halogens is 1. The van der Waals surface area contributed by atoms with E-state index in [-0.39, 0.29) is 24.0 Å². The first-order valence-electron chi connectivity index (χ1n) is 6.72. The quantitative estimate of drug-likeness (QED) is 0.386. The van der Waals surface area contributed by atoms with Crippen molar-refractivity contribution < 1.29 is 28.6 Å². The van der Waals surface area contributed by atoms with Crippen molar-refractivity contribution in [2.45, 2.75) is 39.5 Å². The van der Waals surface area contributed by atoms with E-state index in [2.05, 4.69) is 44.0 Å². The molecular weight excluding hydrogens is 337 g/mol. The van der Waals surface area contributed by atoms with Gasteiger partial charge in [0.25, 0.3) is 0 Å². The van der Waals surface area contributed by atoms with Crippen molar-refractivity contribution in [1.82, 2.24) is 10.4 Å². The van der Waals surface area contributed by atoms with E-state index in [0.29, 0.717) is 5.41 Å². The zero-order valence-corrected chi connectivity index (χ0v) is 14.2. The van der Waals surface area contributed by atoms with E-state index in [0.717, 1.165) is 6.42 Å². The third kappa shape index (κ3) is 4.23. The van der Waals surface area contributed by atoms with Crippen molar-refractivity contribution in [2.24, 2.45) is 5.41 Å². The number of rotatable bonds is 2. The van der Waals surface area contributed by atoms with Gasteiger partial charge >= 0.3 is 0 Å². The molecular formula is C14H26IN3. The first-order chi connectivity index (χ1) is 7.96. The Bertz CT molecular complexity index is 348. The fourth-order valence-corrected chi connectivity index (χ4v) is 2.94. The predicted octanol–water partition coefficient (Wildman–Crippen LogP) is -0.992. The standard InChI is InChI=1S/C14H25N3.HI/c1-14(2)10-12(15-16(3)4)9-13(11-14)17-7-5-6-8-17;/h9H,5-8,10-11H2,1-4H3;1H. The average molecular weight is 363 g/mol. The summed E-state index contributed by atoms with van der Waals surface area (Å²) in [5.41, 5.74) is 6.70. The maximum atomic E-state index is 3.44. The van der Waals surface area contributed by atoms with Crippen molar-refractivity contribution in [3.8, 4) is 0 Å². The van der Waals surface area contributed by atoms with Gasteiger partial charge in [0, 0.05) is 45.1 Å². The number of allylic oxidation sites excluding steroid dienone is 2. The Morgan fingerprint density at radius 3 is 2.33 bits per heavy atom. The van der Waals surface area contributed by atoms with Crippen molar-refractivity contribution in [3.05, 3.63) is 11.8 Å². The summed E-state index contributed by atoms with van der Waals surface area (Å²) in [5, 5.41) is 2.04. The minimum absolute atomic E-state index is 0. The first kappa shape index (κ1) is 16.0. The molecule has 0 amide bonds. The van der Waals surface area contributed by atoms with Crippen LogP contribution in [0.2, 0.25) is 0 Å². The highest BCUT2D eigenvalue weighted by molar-refractivity contribution is 5.92. The van der Waals surface area contributed by atoms with Gasteiger partial charge in [-0.2, -0.15) is 0 Å². The molecule has 1 saturated heterocycles. The highest BCUT2D eigenvalue weighted by atomic mass is 127. The summed E-state index contributed by atoms with van der Waals surface area (Å²) >= 11 is 0. The van der Waals surface area contributed by atoms with Crippen LogP contribution >= 0.6 is 0 Å². The van der Waals surface area contributed by atoms with Gasteiger partial charge in [-0.3, -0.25) is 0 Å². The molecule has 4 heteroatoms. The van der Waals surface area contributed by atoms with Gasteiger partial charge in [-0.05, 0) is 11.8 Å². The highest BCUT2D eigenvalue weighted by Gasteiger charge is 2.32. The van der Waals surface area contributed by atoms with Crippen LogP contribution in [-0.2, 0) is 0 Å². The van der Waals surface area contributed by atoms with E-state index in [1.807, 2.05) is 5.01 Å². The number of hydrogen-bond acceptors (Lipinski definition) is 2. The largest absolute Gasteiger partial charge is 1.00 e. The molecule has 1 aliphatic heterocycles. The summed E-state index contributed by atoms with van der Waals surface area (Å²) in [4.78, 5) is 0. The fraction of sp³-hybridized carbons (Fsp3) is 0.786. The van der Waals surface area contributed by atoms with E-state index < -0.39 is 0 Å². The first-order valence-corrected chi connectivity index (χ1v) is 6.72. The lowest BCUT2D eigenvalue weighted by Gasteiger charge is -2.31. The molecule has 0 aromatic carbocycles. The molecule has 0 spiro atoms. The molecule has 0 aromatic rings. The summed E-state index contributed by atoms with van der Waals surface area (Å²) in [6.45, 7) is 7.23. The van der Waals surface area contributed by atoms with Crippen LogP contribution in [0.15, 0.2) is 11.8 Å². The second kappa shape index (κ2) is 6.37. The van der Waals surface area contributed by atoms with E-state index in [1.165, 1.54) is 43.8 Å². The zero-order valence-electron chi connectivity index (χ0n) is 12.1. The van der Waals surface area contributed by atoms with Crippen molar-refractivity contribution in [2.75, 3.05) is 27.2 Å². The monoisotopic (exact) mass is 363 g/mol. The summed E-state index contributed by atoms with van der Waals surface area (Å²) in [6, 6.07) is 0. The van der Waals surface area contributed by atoms with Crippen LogP contribution in [0.25, 0.3) is 0 Å². The average Bonchev–Trinajstić information content (AvgIpc) is 2.65. The van der Waals surface area contributed by atoms with Crippen LogP contribution in [-0.4, -0.2) is 42.5 Å². The lowest BCUT2D eigenvalue weighted by atomic mass is 9.78. The van der Waals surface area contributed by atoms with Gasteiger partial charge < -0.3 is 29.4 Å². The van der Waals surface area contributed by atoms with Gasteiger partial charge in [-0.1, -0.05) is 13.8 Å². The Hall–Kier alpha value is -0.100. The van der Waals surface area contributed by atoms with Crippen LogP contribution < -0.4 is 29.4 Å². The van der Waals surface area contributed by atoms with Crippen molar-refractivity contribution in [1.29, 1.82) is 0 Å². The fourth-order valence-electron chi connectivity index (χ4n) is 2.94. The molecule has 2 aliphatic rings. The van der Waals surface area contributed by atoms with Crippen LogP contribution in [0.1, 0.15) is 39.5 Å². The molecule has 0 aromatic heterocycles. The molecule has 3 nitrogen and oxygen atoms in total. The van der Waals surface area contributed by atoms with E-state index in [1.54, 1.807) is 0 Å². The molecule has 0 unspecified atom stereocenters. The maximum Gasteiger partial charge on any atom is 0.178 e. The maximum absolute atomic E-state index is 3.44. The molecule has 1 heterocycles. The molecule has 104 valence electrons. The number of hydrazine groups is 1. The van der Waals surface area contributed by atoms with Gasteiger partial charge in [0.15, 0.2) is 5.71 Å². The Kier molecular flexibility index (Phi) is 5.65. The Balaban J connectivity index is 0.00000162. The van der Waals surface area contributed by atoms with Gasteiger partial charge in [-0.15, -0.1) is 0 Å². The van der Waals surface area contributed by atoms with Gasteiger partial charge in [0.1, 0.15) is 13.1 Å². The lowest BCUT2D eigenvalue weighted by molar-refractivity contribution is -0.507. The molecule has 0 atom stereocenters. The van der Waals surface area contributed by atoms with Crippen molar-refractivity contribution in [3.63, 3.8) is 0 Å². The Labute approximate surface area is 128 Å². The van der Waals surface area contributed by atoms with E-state index in [4.69, 9.17) is 0 Å². The normalized spacial score (nSPS) is 22.8. The minimum Gasteiger partial charge on any atom is -1.00 e. The SMILES string of the molecule is CN(C)NC1=CC(=[N+]2CCCC2)CC(C)(C)C1.[I-]. The zero-order chi connectivity index (χ0) is 12.5.